The molecule has 6 nitrogen and oxygen atoms in total. The molecular formula is C30H27N2O4P. The quantitative estimate of drug-likeness (QED) is 0.162. The minimum absolute atomic E-state index is 0.525. The third-order valence-electron chi connectivity index (χ3n) is 5.84. The van der Waals surface area contributed by atoms with Crippen LogP contribution in [0.2, 0.25) is 0 Å². The van der Waals surface area contributed by atoms with Crippen LogP contribution in [0.25, 0.3) is 0 Å². The lowest BCUT2D eigenvalue weighted by Crippen LogP contribution is -2.33. The van der Waals surface area contributed by atoms with Crippen LogP contribution in [-0.4, -0.2) is 37.9 Å². The normalized spacial score (nSPS) is 11.1. The number of carbonyl (C=O) groups is 2. The Morgan fingerprint density at radius 1 is 0.730 bits per heavy atom. The molecule has 4 rings (SSSR count). The molecule has 37 heavy (non-hydrogen) atoms. The standard InChI is InChI=1S/C30H27N2O4P/c1-35-24-19-18-23(29(20-24)36-2)21-31-32-30(34)28(33)22-37(25-12-6-3-7-13-25,26-14-8-4-9-15-26)27-16-10-5-11-17-27/h3-22H,1-2H3,(H,32,34)/b31-21+. The van der Waals surface area contributed by atoms with E-state index in [2.05, 4.69) is 10.5 Å². The van der Waals surface area contributed by atoms with Crippen molar-refractivity contribution in [3.63, 3.8) is 0 Å². The summed E-state index contributed by atoms with van der Waals surface area (Å²) in [6.45, 7) is -2.60. The maximum atomic E-state index is 13.4. The molecule has 4 aromatic rings. The highest BCUT2D eigenvalue weighted by Crippen LogP contribution is 2.43. The summed E-state index contributed by atoms with van der Waals surface area (Å²) in [6.07, 6.45) is 1.43. The predicted molar refractivity (Wildman–Crippen MR) is 152 cm³/mol. The van der Waals surface area contributed by atoms with Crippen molar-refractivity contribution in [3.05, 3.63) is 115 Å². The largest absolute Gasteiger partial charge is 0.497 e. The molecule has 0 bridgehead atoms. The molecule has 0 spiro atoms. The van der Waals surface area contributed by atoms with Gasteiger partial charge in [0.05, 0.1) is 20.4 Å². The van der Waals surface area contributed by atoms with Crippen LogP contribution in [0, 0.1) is 0 Å². The van der Waals surface area contributed by atoms with Crippen LogP contribution in [0.4, 0.5) is 0 Å². The molecule has 0 aliphatic rings. The van der Waals surface area contributed by atoms with E-state index in [9.17, 15) is 9.59 Å². The van der Waals surface area contributed by atoms with E-state index >= 15 is 0 Å². The van der Waals surface area contributed by atoms with Gasteiger partial charge >= 0.3 is 5.91 Å². The first-order valence-corrected chi connectivity index (χ1v) is 13.4. The molecule has 1 N–H and O–H groups in total. The van der Waals surface area contributed by atoms with Crippen LogP contribution in [0.3, 0.4) is 0 Å². The summed E-state index contributed by atoms with van der Waals surface area (Å²) in [7, 11) is 3.09. The van der Waals surface area contributed by atoms with Gasteiger partial charge in [-0.3, -0.25) is 9.59 Å². The molecule has 0 saturated heterocycles. The van der Waals surface area contributed by atoms with Crippen LogP contribution in [0.5, 0.6) is 11.5 Å². The van der Waals surface area contributed by atoms with Crippen molar-refractivity contribution in [2.75, 3.05) is 14.2 Å². The van der Waals surface area contributed by atoms with E-state index in [1.807, 2.05) is 91.0 Å². The minimum Gasteiger partial charge on any atom is -0.497 e. The summed E-state index contributed by atoms with van der Waals surface area (Å²) in [5.74, 6) is 1.24. The van der Waals surface area contributed by atoms with Crippen molar-refractivity contribution >= 4 is 46.5 Å². The number of hydrazone groups is 1. The SMILES string of the molecule is COc1ccc(/C=N/NC(=O)C(=O)C=P(c2ccccc2)(c2ccccc2)c2ccccc2)c(OC)c1. The van der Waals surface area contributed by atoms with E-state index in [1.165, 1.54) is 13.3 Å². The Morgan fingerprint density at radius 2 is 1.24 bits per heavy atom. The zero-order valence-electron chi connectivity index (χ0n) is 20.6. The molecule has 0 aromatic heterocycles. The molecule has 0 radical (unpaired) electrons. The van der Waals surface area contributed by atoms with E-state index in [1.54, 1.807) is 31.1 Å². The molecule has 0 atom stereocenters. The number of carbonyl (C=O) groups excluding carboxylic acids is 2. The Hall–Kier alpha value is -4.41. The van der Waals surface area contributed by atoms with Crippen molar-refractivity contribution in [1.29, 1.82) is 0 Å². The number of amides is 1. The number of benzene rings is 4. The fourth-order valence-electron chi connectivity index (χ4n) is 4.04. The highest BCUT2D eigenvalue weighted by atomic mass is 31.2. The summed E-state index contributed by atoms with van der Waals surface area (Å²) < 4.78 is 10.6. The number of methoxy groups -OCH3 is 2. The van der Waals surface area contributed by atoms with Gasteiger partial charge in [0.15, 0.2) is 0 Å². The van der Waals surface area contributed by atoms with Crippen molar-refractivity contribution in [3.8, 4) is 11.5 Å². The smallest absolute Gasteiger partial charge is 0.311 e. The lowest BCUT2D eigenvalue weighted by Gasteiger charge is -2.28. The van der Waals surface area contributed by atoms with E-state index in [0.717, 1.165) is 15.9 Å². The van der Waals surface area contributed by atoms with Gasteiger partial charge in [-0.15, -0.1) is 0 Å². The maximum Gasteiger partial charge on any atom is 0.311 e. The molecule has 4 aromatic carbocycles. The lowest BCUT2D eigenvalue weighted by molar-refractivity contribution is -0.133. The Labute approximate surface area is 216 Å². The maximum absolute atomic E-state index is 13.4. The van der Waals surface area contributed by atoms with E-state index < -0.39 is 18.6 Å². The Balaban J connectivity index is 1.73. The second kappa shape index (κ2) is 12.0. The second-order valence-corrected chi connectivity index (χ2v) is 11.3. The first-order valence-electron chi connectivity index (χ1n) is 11.6. The third kappa shape index (κ3) is 5.71. The van der Waals surface area contributed by atoms with Gasteiger partial charge in [-0.05, 0) is 34.9 Å². The number of nitrogens with zero attached hydrogens (tertiary/aromatic N) is 1. The topological polar surface area (TPSA) is 77.0 Å². The van der Waals surface area contributed by atoms with Gasteiger partial charge in [0.1, 0.15) is 11.5 Å². The van der Waals surface area contributed by atoms with Gasteiger partial charge in [0, 0.05) is 17.4 Å². The molecule has 0 aliphatic heterocycles. The Kier molecular flexibility index (Phi) is 8.34. The second-order valence-electron chi connectivity index (χ2n) is 8.03. The van der Waals surface area contributed by atoms with Gasteiger partial charge in [0.25, 0.3) is 0 Å². The summed E-state index contributed by atoms with van der Waals surface area (Å²) in [4.78, 5) is 26.3. The number of rotatable bonds is 9. The monoisotopic (exact) mass is 510 g/mol. The fourth-order valence-corrected chi connectivity index (χ4v) is 7.77. The van der Waals surface area contributed by atoms with E-state index in [-0.39, 0.29) is 0 Å². The average molecular weight is 511 g/mol. The highest BCUT2D eigenvalue weighted by Gasteiger charge is 2.27. The summed E-state index contributed by atoms with van der Waals surface area (Å²) in [6, 6.07) is 34.7. The van der Waals surface area contributed by atoms with Crippen molar-refractivity contribution in [2.24, 2.45) is 5.10 Å². The van der Waals surface area contributed by atoms with Gasteiger partial charge in [-0.1, -0.05) is 91.0 Å². The van der Waals surface area contributed by atoms with Crippen molar-refractivity contribution in [2.45, 2.75) is 0 Å². The molecule has 0 heterocycles. The van der Waals surface area contributed by atoms with Crippen molar-refractivity contribution in [1.82, 2.24) is 5.43 Å². The fraction of sp³-hybridized carbons (Fsp3) is 0.0667. The van der Waals surface area contributed by atoms with Crippen LogP contribution in [-0.2, 0) is 9.59 Å². The molecule has 186 valence electrons. The Bertz CT molecular complexity index is 1350. The average Bonchev–Trinajstić information content (AvgIpc) is 2.97. The van der Waals surface area contributed by atoms with E-state index in [4.69, 9.17) is 9.47 Å². The van der Waals surface area contributed by atoms with Gasteiger partial charge in [0.2, 0.25) is 5.78 Å². The molecule has 7 heteroatoms. The van der Waals surface area contributed by atoms with Crippen LogP contribution >= 0.6 is 6.89 Å². The third-order valence-corrected chi connectivity index (χ3v) is 9.80. The molecule has 1 amide bonds. The van der Waals surface area contributed by atoms with E-state index in [0.29, 0.717) is 17.1 Å². The zero-order chi connectivity index (χ0) is 26.1. The number of hydrogen-bond acceptors (Lipinski definition) is 5. The first kappa shape index (κ1) is 25.7. The Morgan fingerprint density at radius 3 is 1.70 bits per heavy atom. The summed E-state index contributed by atoms with van der Waals surface area (Å²) in [5, 5.41) is 6.92. The molecule has 0 aliphatic carbocycles. The lowest BCUT2D eigenvalue weighted by atomic mass is 10.2. The molecular weight excluding hydrogens is 483 g/mol. The number of nitrogens with one attached hydrogen (secondary N) is 1. The van der Waals surface area contributed by atoms with Crippen LogP contribution in [0.15, 0.2) is 114 Å². The van der Waals surface area contributed by atoms with Gasteiger partial charge in [-0.2, -0.15) is 5.10 Å². The minimum atomic E-state index is -2.60. The number of hydrogen-bond donors (Lipinski definition) is 1. The number of ketones is 1. The summed E-state index contributed by atoms with van der Waals surface area (Å²) in [5.41, 5.74) is 2.99. The van der Waals surface area contributed by atoms with Crippen LogP contribution < -0.4 is 30.8 Å². The van der Waals surface area contributed by atoms with Gasteiger partial charge < -0.3 is 9.47 Å². The number of ether oxygens (including phenoxy) is 2. The summed E-state index contributed by atoms with van der Waals surface area (Å²) >= 11 is 0. The van der Waals surface area contributed by atoms with Gasteiger partial charge in [-0.25, -0.2) is 5.43 Å². The number of Topliss-reactive ketones (excluding diaryl/α,β-unsaturated/α-hetero) is 1. The highest BCUT2D eigenvalue weighted by molar-refractivity contribution is 7.95. The molecule has 0 unspecified atom stereocenters. The first-order chi connectivity index (χ1) is 18.1. The molecule has 0 fully saturated rings. The zero-order valence-corrected chi connectivity index (χ0v) is 21.5. The van der Waals surface area contributed by atoms with Crippen molar-refractivity contribution < 1.29 is 19.1 Å². The predicted octanol–water partition coefficient (Wildman–Crippen LogP) is 3.52. The van der Waals surface area contributed by atoms with Crippen LogP contribution in [0.1, 0.15) is 5.56 Å². The molecule has 0 saturated carbocycles.